The van der Waals surface area contributed by atoms with Crippen LogP contribution in [0.25, 0.3) is 90.9 Å². The molecule has 4 nitrogen and oxygen atoms in total. The van der Waals surface area contributed by atoms with Gasteiger partial charge in [0.25, 0.3) is 0 Å². The van der Waals surface area contributed by atoms with Crippen molar-refractivity contribution in [3.63, 3.8) is 0 Å². The minimum absolute atomic E-state index is 0. The molecule has 55 heavy (non-hydrogen) atoms. The van der Waals surface area contributed by atoms with E-state index >= 15 is 0 Å². The third-order valence-electron chi connectivity index (χ3n) is 10.1. The van der Waals surface area contributed by atoms with Gasteiger partial charge in [-0.3, -0.25) is 0 Å². The minimum atomic E-state index is 0. The molecule has 0 saturated carbocycles. The average molecular weight is 844 g/mol. The predicted octanol–water partition coefficient (Wildman–Crippen LogP) is 14.0. The van der Waals surface area contributed by atoms with Gasteiger partial charge in [0.1, 0.15) is 0 Å². The zero-order chi connectivity index (χ0) is 37.1. The number of nitrogens with zero attached hydrogens (tertiary/aromatic N) is 4. The van der Waals surface area contributed by atoms with Crippen molar-refractivity contribution >= 4 is 92.8 Å². The van der Waals surface area contributed by atoms with Crippen LogP contribution in [-0.4, -0.2) is 19.1 Å². The van der Waals surface area contributed by atoms with Crippen molar-refractivity contribution in [1.29, 1.82) is 0 Å². The summed E-state index contributed by atoms with van der Waals surface area (Å²) in [6, 6.07) is 40.4. The van der Waals surface area contributed by atoms with Crippen LogP contribution in [0.4, 0.5) is 0 Å². The fraction of sp³-hybridized carbons (Fsp3) is 0.0435. The summed E-state index contributed by atoms with van der Waals surface area (Å²) in [6.45, 7) is 0. The second-order valence-electron chi connectivity index (χ2n) is 13.3. The van der Waals surface area contributed by atoms with E-state index in [1.807, 2.05) is 97.1 Å². The molecule has 7 aromatic rings. The number of benzene rings is 4. The fourth-order valence-corrected chi connectivity index (χ4v) is 7.99. The normalized spacial score (nSPS) is 11.9. The Kier molecular flexibility index (Phi) is 10.1. The Morgan fingerprint density at radius 2 is 0.527 bits per heavy atom. The van der Waals surface area contributed by atoms with Gasteiger partial charge >= 0.3 is 0 Å². The molecule has 0 saturated heterocycles. The smallest absolute Gasteiger partial charge is 0.0737 e. The first kappa shape index (κ1) is 37.1. The summed E-state index contributed by atoms with van der Waals surface area (Å²) in [5.74, 6) is 0. The van der Waals surface area contributed by atoms with E-state index in [4.69, 9.17) is 56.4 Å². The van der Waals surface area contributed by atoms with Crippen molar-refractivity contribution in [2.45, 2.75) is 0 Å². The van der Waals surface area contributed by atoms with Gasteiger partial charge in [0, 0.05) is 73.5 Å². The number of fused-ring (bicyclic) bond motifs is 8. The topological polar surface area (TPSA) is 35.6 Å². The first-order valence-corrected chi connectivity index (χ1v) is 18.9. The Balaban J connectivity index is 0.00000427. The third-order valence-corrected chi connectivity index (χ3v) is 11.1. The first-order chi connectivity index (χ1) is 26.2. The van der Waals surface area contributed by atoms with E-state index in [0.717, 1.165) is 89.4 Å². The SMILES string of the molecule is Cn1c2ccc1c(-c1ccc(Cl)cc1)c1nc(c(-c3ccc(Cl)cc3)c3ccc(c(-c4ccc(Cl)cc4)c4nc(c2-c2ccc(Cl)cc2)C=C4)n3C)C=C1.[Cu]. The summed E-state index contributed by atoms with van der Waals surface area (Å²) >= 11 is 25.7. The van der Waals surface area contributed by atoms with E-state index in [1.165, 1.54) is 0 Å². The summed E-state index contributed by atoms with van der Waals surface area (Å²) in [6.07, 6.45) is 8.40. The van der Waals surface area contributed by atoms with Crippen LogP contribution in [0, 0.1) is 0 Å². The fourth-order valence-electron chi connectivity index (χ4n) is 7.48. The molecule has 9 heteroatoms. The number of aromatic nitrogens is 4. The molecular weight excluding hydrogens is 814 g/mol. The van der Waals surface area contributed by atoms with E-state index in [-0.39, 0.29) is 17.1 Å². The Hall–Kier alpha value is -4.84. The van der Waals surface area contributed by atoms with Gasteiger partial charge in [-0.1, -0.05) is 94.9 Å². The molecule has 2 aliphatic rings. The van der Waals surface area contributed by atoms with E-state index < -0.39 is 0 Å². The van der Waals surface area contributed by atoms with Crippen LogP contribution >= 0.6 is 46.4 Å². The van der Waals surface area contributed by atoms with Gasteiger partial charge in [0.15, 0.2) is 0 Å². The van der Waals surface area contributed by atoms with Crippen LogP contribution < -0.4 is 0 Å². The van der Waals surface area contributed by atoms with Crippen molar-refractivity contribution in [3.8, 4) is 44.5 Å². The molecule has 8 bridgehead atoms. The van der Waals surface area contributed by atoms with Crippen molar-refractivity contribution in [3.05, 3.63) is 164 Å². The van der Waals surface area contributed by atoms with Crippen LogP contribution in [0.5, 0.6) is 0 Å². The molecule has 0 aliphatic carbocycles. The second kappa shape index (κ2) is 15.0. The van der Waals surface area contributed by atoms with Crippen LogP contribution in [0.3, 0.4) is 0 Å². The first-order valence-electron chi connectivity index (χ1n) is 17.4. The van der Waals surface area contributed by atoms with Gasteiger partial charge in [-0.2, -0.15) is 0 Å². The number of hydrogen-bond acceptors (Lipinski definition) is 2. The Morgan fingerprint density at radius 1 is 0.327 bits per heavy atom. The summed E-state index contributed by atoms with van der Waals surface area (Å²) in [5, 5.41) is 2.67. The van der Waals surface area contributed by atoms with E-state index in [0.29, 0.717) is 20.1 Å². The quantitative estimate of drug-likeness (QED) is 0.165. The summed E-state index contributed by atoms with van der Waals surface area (Å²) in [5.41, 5.74) is 15.2. The molecule has 0 N–H and O–H groups in total. The molecule has 0 fully saturated rings. The van der Waals surface area contributed by atoms with Gasteiger partial charge in [0.05, 0.1) is 44.8 Å². The van der Waals surface area contributed by atoms with Crippen LogP contribution in [-0.2, 0) is 31.2 Å². The molecule has 4 aromatic carbocycles. The zero-order valence-electron chi connectivity index (χ0n) is 29.5. The molecule has 1 radical (unpaired) electrons. The molecule has 9 rings (SSSR count). The second-order valence-corrected chi connectivity index (χ2v) is 15.0. The maximum atomic E-state index is 6.42. The molecular formula is C46H30Cl4CuN4. The molecule has 5 heterocycles. The molecule has 0 spiro atoms. The van der Waals surface area contributed by atoms with Gasteiger partial charge < -0.3 is 9.13 Å². The van der Waals surface area contributed by atoms with Crippen LogP contribution in [0.1, 0.15) is 22.8 Å². The van der Waals surface area contributed by atoms with Crippen molar-refractivity contribution in [2.24, 2.45) is 14.1 Å². The van der Waals surface area contributed by atoms with Crippen molar-refractivity contribution < 1.29 is 17.1 Å². The summed E-state index contributed by atoms with van der Waals surface area (Å²) < 4.78 is 4.44. The number of halogens is 4. The molecule has 0 amide bonds. The largest absolute Gasteiger partial charge is 0.343 e. The van der Waals surface area contributed by atoms with E-state index in [2.05, 4.69) is 71.8 Å². The average Bonchev–Trinajstić information content (AvgIpc) is 3.99. The standard InChI is InChI=1S/C46H30Cl4N4.Cu/c1-53-39-23-24-40(53)44(28-5-13-32(48)14-6-28)36-20-22-38(52-36)46(30-9-17-34(50)18-10-30)42-26-25-41(54(42)2)45(29-7-15-33(49)16-8-29)37-21-19-35(51-37)43(39)27-3-11-31(47)12-4-27;/h3-26H,1-2H3;. The zero-order valence-corrected chi connectivity index (χ0v) is 33.4. The van der Waals surface area contributed by atoms with Crippen LogP contribution in [0.2, 0.25) is 20.1 Å². The molecule has 0 atom stereocenters. The minimum Gasteiger partial charge on any atom is -0.343 e. The van der Waals surface area contributed by atoms with Gasteiger partial charge in [-0.15, -0.1) is 0 Å². The Labute approximate surface area is 349 Å². The van der Waals surface area contributed by atoms with Crippen molar-refractivity contribution in [1.82, 2.24) is 19.1 Å². The number of hydrogen-bond donors (Lipinski definition) is 0. The third kappa shape index (κ3) is 6.76. The molecule has 273 valence electrons. The maximum absolute atomic E-state index is 6.42. The molecule has 0 unspecified atom stereocenters. The number of aryl methyl sites for hydroxylation is 2. The van der Waals surface area contributed by atoms with E-state index in [9.17, 15) is 0 Å². The molecule has 3 aromatic heterocycles. The summed E-state index contributed by atoms with van der Waals surface area (Å²) in [4.78, 5) is 10.8. The van der Waals surface area contributed by atoms with Gasteiger partial charge in [0.2, 0.25) is 0 Å². The Bertz CT molecular complexity index is 2470. The van der Waals surface area contributed by atoms with Crippen molar-refractivity contribution in [2.75, 3.05) is 0 Å². The van der Waals surface area contributed by atoms with Gasteiger partial charge in [-0.05, 0) is 119 Å². The molecule has 2 aliphatic heterocycles. The van der Waals surface area contributed by atoms with E-state index in [1.54, 1.807) is 0 Å². The predicted molar refractivity (Wildman–Crippen MR) is 230 cm³/mol. The summed E-state index contributed by atoms with van der Waals surface area (Å²) in [7, 11) is 4.18. The number of rotatable bonds is 4. The van der Waals surface area contributed by atoms with Gasteiger partial charge in [-0.25, -0.2) is 9.97 Å². The van der Waals surface area contributed by atoms with Crippen LogP contribution in [0.15, 0.2) is 121 Å². The Morgan fingerprint density at radius 3 is 0.727 bits per heavy atom. The monoisotopic (exact) mass is 841 g/mol. The maximum Gasteiger partial charge on any atom is 0.0737 e.